The zero-order valence-corrected chi connectivity index (χ0v) is 19.0. The number of imidazole rings is 1. The quantitative estimate of drug-likeness (QED) is 0.405. The van der Waals surface area contributed by atoms with Crippen molar-refractivity contribution in [3.05, 3.63) is 59.1 Å². The van der Waals surface area contributed by atoms with Gasteiger partial charge in [-0.2, -0.15) is 0 Å². The van der Waals surface area contributed by atoms with E-state index in [0.29, 0.717) is 22.6 Å². The first-order valence-corrected chi connectivity index (χ1v) is 11.9. The smallest absolute Gasteiger partial charge is 0.352 e. The minimum Gasteiger partial charge on any atom is -0.477 e. The number of benzene rings is 1. The van der Waals surface area contributed by atoms with Gasteiger partial charge in [-0.1, -0.05) is 42.1 Å². The molecule has 3 atom stereocenters. The summed E-state index contributed by atoms with van der Waals surface area (Å²) in [7, 11) is 1.89. The second kappa shape index (κ2) is 9.00. The molecule has 0 radical (unpaired) electrons. The monoisotopic (exact) mass is 474 g/mol. The molecule has 2 aliphatic rings. The number of carbonyl (C=O) groups is 3. The van der Waals surface area contributed by atoms with E-state index in [1.54, 1.807) is 36.5 Å². The molecule has 168 valence electrons. The Hall–Kier alpha value is -2.76. The molecular formula is C21H22N4O5S2. The molecule has 32 heavy (non-hydrogen) atoms. The molecule has 0 spiro atoms. The van der Waals surface area contributed by atoms with Crippen molar-refractivity contribution in [3.63, 3.8) is 0 Å². The van der Waals surface area contributed by atoms with E-state index >= 15 is 0 Å². The molecule has 3 N–H and O–H groups in total. The van der Waals surface area contributed by atoms with Crippen molar-refractivity contribution in [3.8, 4) is 0 Å². The highest BCUT2D eigenvalue weighted by Crippen LogP contribution is 2.41. The van der Waals surface area contributed by atoms with E-state index in [-0.39, 0.29) is 5.70 Å². The van der Waals surface area contributed by atoms with Gasteiger partial charge < -0.3 is 20.1 Å². The Morgan fingerprint density at radius 3 is 2.69 bits per heavy atom. The maximum atomic E-state index is 12.8. The number of carboxylic acid groups (broad SMARTS) is 1. The van der Waals surface area contributed by atoms with Gasteiger partial charge in [-0.15, -0.1) is 11.8 Å². The molecule has 1 saturated heterocycles. The Balaban J connectivity index is 1.46. The first-order chi connectivity index (χ1) is 15.3. The first-order valence-electron chi connectivity index (χ1n) is 9.84. The topological polar surface area (TPSA) is 125 Å². The van der Waals surface area contributed by atoms with Crippen LogP contribution >= 0.6 is 23.5 Å². The number of hydrogen-bond donors (Lipinski definition) is 3. The minimum atomic E-state index is -1.41. The summed E-state index contributed by atoms with van der Waals surface area (Å²) in [5.41, 5.74) is 2.00. The standard InChI is InChI=1S/C21H22N4O5S2/c1-11-8-22-21(24(11)2)32-10-13-9-31-19-14(18(28)25(19)15(13)20(29)30)23-17(27)16(26)12-6-4-3-5-7-12/h3-8,14,16,19,26H,9-10H2,1-2H3,(H,23,27)(H,29,30)/t14?,16?,19-/m0/s1. The number of aryl methyl sites for hydroxylation is 1. The second-order valence-electron chi connectivity index (χ2n) is 7.50. The normalized spacial score (nSPS) is 21.1. The number of carbonyl (C=O) groups excluding carboxylic acids is 2. The molecule has 9 nitrogen and oxygen atoms in total. The lowest BCUT2D eigenvalue weighted by molar-refractivity contribution is -0.151. The average molecular weight is 475 g/mol. The number of aliphatic hydroxyl groups excluding tert-OH is 1. The third-order valence-electron chi connectivity index (χ3n) is 5.46. The van der Waals surface area contributed by atoms with E-state index in [4.69, 9.17) is 0 Å². The summed E-state index contributed by atoms with van der Waals surface area (Å²) >= 11 is 2.81. The molecular weight excluding hydrogens is 452 g/mol. The van der Waals surface area contributed by atoms with E-state index in [1.165, 1.54) is 28.4 Å². The minimum absolute atomic E-state index is 0.0358. The molecule has 1 aromatic heterocycles. The number of β-lactam (4-membered cyclic amide) rings is 1. The van der Waals surface area contributed by atoms with Gasteiger partial charge in [0.25, 0.3) is 11.8 Å². The predicted octanol–water partition coefficient (Wildman–Crippen LogP) is 1.29. The molecule has 2 amide bonds. The fourth-order valence-electron chi connectivity index (χ4n) is 3.57. The van der Waals surface area contributed by atoms with Gasteiger partial charge in [0.15, 0.2) is 11.3 Å². The number of amides is 2. The second-order valence-corrected chi connectivity index (χ2v) is 9.54. The van der Waals surface area contributed by atoms with Gasteiger partial charge in [0.1, 0.15) is 17.1 Å². The van der Waals surface area contributed by atoms with Gasteiger partial charge in [0.2, 0.25) is 0 Å². The van der Waals surface area contributed by atoms with Crippen LogP contribution in [0.3, 0.4) is 0 Å². The molecule has 11 heteroatoms. The summed E-state index contributed by atoms with van der Waals surface area (Å²) in [6.45, 7) is 1.93. The van der Waals surface area contributed by atoms with Crippen molar-refractivity contribution in [2.24, 2.45) is 7.05 Å². The summed E-state index contributed by atoms with van der Waals surface area (Å²) in [4.78, 5) is 42.8. The Morgan fingerprint density at radius 2 is 2.06 bits per heavy atom. The van der Waals surface area contributed by atoms with Crippen LogP contribution < -0.4 is 5.32 Å². The Bertz CT molecular complexity index is 1100. The fourth-order valence-corrected chi connectivity index (χ4v) is 6.05. The molecule has 2 aliphatic heterocycles. The Morgan fingerprint density at radius 1 is 1.34 bits per heavy atom. The summed E-state index contributed by atoms with van der Waals surface area (Å²) in [6, 6.07) is 7.53. The van der Waals surface area contributed by atoms with Gasteiger partial charge in [0, 0.05) is 30.4 Å². The highest BCUT2D eigenvalue weighted by atomic mass is 32.2. The van der Waals surface area contributed by atoms with Crippen LogP contribution in [0, 0.1) is 6.92 Å². The van der Waals surface area contributed by atoms with Crippen LogP contribution in [0.2, 0.25) is 0 Å². The van der Waals surface area contributed by atoms with Gasteiger partial charge in [0.05, 0.1) is 0 Å². The average Bonchev–Trinajstić information content (AvgIpc) is 3.12. The number of hydrogen-bond acceptors (Lipinski definition) is 7. The number of fused-ring (bicyclic) bond motifs is 1. The zero-order valence-electron chi connectivity index (χ0n) is 17.4. The Labute approximate surface area is 192 Å². The number of nitrogens with one attached hydrogen (secondary N) is 1. The summed E-state index contributed by atoms with van der Waals surface area (Å²) in [6.07, 6.45) is 0.339. The van der Waals surface area contributed by atoms with E-state index < -0.39 is 35.3 Å². The first kappa shape index (κ1) is 22.4. The van der Waals surface area contributed by atoms with Gasteiger partial charge >= 0.3 is 5.97 Å². The van der Waals surface area contributed by atoms with Crippen molar-refractivity contribution >= 4 is 41.3 Å². The van der Waals surface area contributed by atoms with E-state index in [0.717, 1.165) is 10.9 Å². The van der Waals surface area contributed by atoms with Gasteiger partial charge in [-0.3, -0.25) is 14.5 Å². The maximum Gasteiger partial charge on any atom is 0.352 e. The molecule has 4 rings (SSSR count). The molecule has 2 unspecified atom stereocenters. The fraction of sp³-hybridized carbons (Fsp3) is 0.333. The number of rotatable bonds is 7. The third kappa shape index (κ3) is 4.03. The lowest BCUT2D eigenvalue weighted by Crippen LogP contribution is -2.70. The van der Waals surface area contributed by atoms with Crippen molar-refractivity contribution in [2.75, 3.05) is 11.5 Å². The number of nitrogens with zero attached hydrogens (tertiary/aromatic N) is 3. The van der Waals surface area contributed by atoms with Crippen LogP contribution in [0.15, 0.2) is 53.0 Å². The SMILES string of the molecule is Cc1cnc(SCC2=C(C(=O)O)N3C(=O)C(NC(=O)C(O)c4ccccc4)[C@@H]3SC2)n1C. The number of thioether (sulfide) groups is 2. The molecule has 3 heterocycles. The highest BCUT2D eigenvalue weighted by molar-refractivity contribution is 8.01. The van der Waals surface area contributed by atoms with Crippen molar-refractivity contribution in [1.29, 1.82) is 0 Å². The van der Waals surface area contributed by atoms with Crippen LogP contribution in [0.1, 0.15) is 17.4 Å². The maximum absolute atomic E-state index is 12.8. The van der Waals surface area contributed by atoms with Crippen LogP contribution in [0.25, 0.3) is 0 Å². The van der Waals surface area contributed by atoms with Crippen LogP contribution in [-0.2, 0) is 21.4 Å². The van der Waals surface area contributed by atoms with Gasteiger partial charge in [-0.25, -0.2) is 9.78 Å². The summed E-state index contributed by atoms with van der Waals surface area (Å²) < 4.78 is 1.92. The highest BCUT2D eigenvalue weighted by Gasteiger charge is 2.54. The third-order valence-corrected chi connectivity index (χ3v) is 7.93. The summed E-state index contributed by atoms with van der Waals surface area (Å²) in [5, 5.41) is 22.9. The Kier molecular flexibility index (Phi) is 6.31. The summed E-state index contributed by atoms with van der Waals surface area (Å²) in [5.74, 6) is -1.56. The molecule has 2 aromatic rings. The molecule has 0 aliphatic carbocycles. The number of aromatic nitrogens is 2. The lowest BCUT2D eigenvalue weighted by Gasteiger charge is -2.49. The van der Waals surface area contributed by atoms with Crippen molar-refractivity contribution in [2.45, 2.75) is 29.6 Å². The van der Waals surface area contributed by atoms with E-state index in [9.17, 15) is 24.6 Å². The molecule has 0 bridgehead atoms. The van der Waals surface area contributed by atoms with E-state index in [1.807, 2.05) is 18.5 Å². The van der Waals surface area contributed by atoms with E-state index in [2.05, 4.69) is 10.3 Å². The van der Waals surface area contributed by atoms with Crippen molar-refractivity contribution in [1.82, 2.24) is 19.8 Å². The number of aliphatic hydroxyl groups is 1. The molecule has 0 saturated carbocycles. The zero-order chi connectivity index (χ0) is 23.0. The largest absolute Gasteiger partial charge is 0.477 e. The van der Waals surface area contributed by atoms with Crippen LogP contribution in [0.4, 0.5) is 0 Å². The van der Waals surface area contributed by atoms with Crippen LogP contribution in [0.5, 0.6) is 0 Å². The predicted molar refractivity (Wildman–Crippen MR) is 120 cm³/mol. The van der Waals surface area contributed by atoms with Gasteiger partial charge in [-0.05, 0) is 18.1 Å². The molecule has 1 aromatic carbocycles. The van der Waals surface area contributed by atoms with Crippen molar-refractivity contribution < 1.29 is 24.6 Å². The molecule has 1 fully saturated rings. The van der Waals surface area contributed by atoms with Crippen LogP contribution in [-0.4, -0.2) is 65.4 Å². The number of aliphatic carboxylic acids is 1. The number of carboxylic acids is 1. The lowest BCUT2D eigenvalue weighted by atomic mass is 10.0.